The average Bonchev–Trinajstić information content (AvgIpc) is 3.09. The van der Waals surface area contributed by atoms with Gasteiger partial charge in [0.1, 0.15) is 0 Å². The van der Waals surface area contributed by atoms with Gasteiger partial charge in [0, 0.05) is 25.8 Å². The Morgan fingerprint density at radius 2 is 2.22 bits per heavy atom. The molecule has 1 N–H and O–H groups in total. The summed E-state index contributed by atoms with van der Waals surface area (Å²) < 4.78 is 1.90. The Bertz CT molecular complexity index is 379. The molecule has 1 saturated carbocycles. The third-order valence-electron chi connectivity index (χ3n) is 4.22. The van der Waals surface area contributed by atoms with Crippen LogP contribution >= 0.6 is 0 Å². The fourth-order valence-corrected chi connectivity index (χ4v) is 2.69. The largest absolute Gasteiger partial charge is 0.314 e. The van der Waals surface area contributed by atoms with Gasteiger partial charge in [0.25, 0.3) is 0 Å². The van der Waals surface area contributed by atoms with E-state index in [4.69, 9.17) is 0 Å². The molecule has 0 spiro atoms. The molecular formula is C15H27N3. The van der Waals surface area contributed by atoms with Gasteiger partial charge in [-0.3, -0.25) is 4.68 Å². The van der Waals surface area contributed by atoms with E-state index in [1.807, 2.05) is 17.9 Å². The van der Waals surface area contributed by atoms with Gasteiger partial charge >= 0.3 is 0 Å². The lowest BCUT2D eigenvalue weighted by atomic mass is 9.79. The number of aromatic nitrogens is 2. The van der Waals surface area contributed by atoms with Crippen LogP contribution in [0.2, 0.25) is 0 Å². The highest BCUT2D eigenvalue weighted by Crippen LogP contribution is 2.47. The van der Waals surface area contributed by atoms with Crippen molar-refractivity contribution in [2.24, 2.45) is 18.4 Å². The number of rotatable bonds is 7. The zero-order valence-electron chi connectivity index (χ0n) is 12.2. The molecule has 3 heteroatoms. The molecule has 1 aromatic heterocycles. The van der Waals surface area contributed by atoms with Gasteiger partial charge in [-0.15, -0.1) is 0 Å². The molecule has 102 valence electrons. The second kappa shape index (κ2) is 5.43. The summed E-state index contributed by atoms with van der Waals surface area (Å²) in [4.78, 5) is 0. The van der Waals surface area contributed by atoms with Gasteiger partial charge < -0.3 is 5.32 Å². The minimum atomic E-state index is 0.458. The van der Waals surface area contributed by atoms with Crippen LogP contribution < -0.4 is 5.32 Å². The Kier molecular flexibility index (Phi) is 4.10. The second-order valence-electron chi connectivity index (χ2n) is 6.49. The van der Waals surface area contributed by atoms with Crippen molar-refractivity contribution in [1.29, 1.82) is 0 Å². The zero-order valence-corrected chi connectivity index (χ0v) is 12.2. The topological polar surface area (TPSA) is 29.9 Å². The van der Waals surface area contributed by atoms with Crippen LogP contribution in [-0.4, -0.2) is 22.4 Å². The number of nitrogens with one attached hydrogen (secondary N) is 1. The highest BCUT2D eigenvalue weighted by atomic mass is 15.2. The molecule has 0 aliphatic heterocycles. The number of hydrogen-bond donors (Lipinski definition) is 1. The van der Waals surface area contributed by atoms with Crippen molar-refractivity contribution in [2.75, 3.05) is 6.54 Å². The summed E-state index contributed by atoms with van der Waals surface area (Å²) in [5, 5.41) is 7.88. The molecule has 0 radical (unpaired) electrons. The van der Waals surface area contributed by atoms with Crippen molar-refractivity contribution in [3.63, 3.8) is 0 Å². The van der Waals surface area contributed by atoms with Crippen molar-refractivity contribution in [2.45, 2.75) is 52.5 Å². The number of nitrogens with zero attached hydrogens (tertiary/aromatic N) is 2. The Hall–Kier alpha value is -0.830. The number of aryl methyl sites for hydroxylation is 2. The van der Waals surface area contributed by atoms with Crippen molar-refractivity contribution in [3.8, 4) is 0 Å². The summed E-state index contributed by atoms with van der Waals surface area (Å²) in [6, 6.07) is 0.585. The Balaban J connectivity index is 1.89. The Morgan fingerprint density at radius 1 is 1.50 bits per heavy atom. The maximum absolute atomic E-state index is 4.25. The van der Waals surface area contributed by atoms with Crippen LogP contribution in [0.4, 0.5) is 0 Å². The summed E-state index contributed by atoms with van der Waals surface area (Å²) in [6.45, 7) is 8.06. The van der Waals surface area contributed by atoms with E-state index < -0.39 is 0 Å². The van der Waals surface area contributed by atoms with Crippen LogP contribution in [0, 0.1) is 11.3 Å². The smallest absolute Gasteiger partial charge is 0.0521 e. The quantitative estimate of drug-likeness (QED) is 0.805. The van der Waals surface area contributed by atoms with Gasteiger partial charge in [-0.05, 0) is 42.6 Å². The molecule has 0 bridgehead atoms. The third kappa shape index (κ3) is 3.58. The molecule has 1 aliphatic rings. The van der Waals surface area contributed by atoms with E-state index >= 15 is 0 Å². The minimum Gasteiger partial charge on any atom is -0.314 e. The van der Waals surface area contributed by atoms with Crippen molar-refractivity contribution >= 4 is 0 Å². The molecule has 2 rings (SSSR count). The first kappa shape index (κ1) is 13.6. The van der Waals surface area contributed by atoms with Crippen LogP contribution in [0.25, 0.3) is 0 Å². The summed E-state index contributed by atoms with van der Waals surface area (Å²) in [5.41, 5.74) is 1.83. The molecular weight excluding hydrogens is 222 g/mol. The molecule has 18 heavy (non-hydrogen) atoms. The molecule has 1 aromatic rings. The predicted molar refractivity (Wildman–Crippen MR) is 75.5 cm³/mol. The molecule has 1 fully saturated rings. The van der Waals surface area contributed by atoms with Crippen molar-refractivity contribution < 1.29 is 0 Å². The average molecular weight is 249 g/mol. The fourth-order valence-electron chi connectivity index (χ4n) is 2.69. The van der Waals surface area contributed by atoms with Gasteiger partial charge in [-0.2, -0.15) is 5.10 Å². The second-order valence-corrected chi connectivity index (χ2v) is 6.49. The highest BCUT2D eigenvalue weighted by molar-refractivity contribution is 5.05. The van der Waals surface area contributed by atoms with Crippen LogP contribution in [0.1, 0.15) is 45.6 Å². The molecule has 0 amide bonds. The maximum Gasteiger partial charge on any atom is 0.0521 e. The van der Waals surface area contributed by atoms with Crippen molar-refractivity contribution in [3.05, 3.63) is 18.0 Å². The van der Waals surface area contributed by atoms with Crippen LogP contribution in [-0.2, 0) is 13.5 Å². The van der Waals surface area contributed by atoms with Gasteiger partial charge in [-0.25, -0.2) is 0 Å². The van der Waals surface area contributed by atoms with Crippen LogP contribution in [0.15, 0.2) is 12.4 Å². The van der Waals surface area contributed by atoms with E-state index in [1.54, 1.807) is 0 Å². The van der Waals surface area contributed by atoms with Gasteiger partial charge in [0.2, 0.25) is 0 Å². The predicted octanol–water partition coefficient (Wildman–Crippen LogP) is 2.77. The first-order chi connectivity index (χ1) is 8.49. The van der Waals surface area contributed by atoms with E-state index in [2.05, 4.69) is 37.4 Å². The van der Waals surface area contributed by atoms with Crippen molar-refractivity contribution in [1.82, 2.24) is 15.1 Å². The van der Waals surface area contributed by atoms with Gasteiger partial charge in [0.05, 0.1) is 6.20 Å². The monoisotopic (exact) mass is 249 g/mol. The summed E-state index contributed by atoms with van der Waals surface area (Å²) in [6.07, 6.45) is 9.41. The van der Waals surface area contributed by atoms with Crippen LogP contribution in [0.5, 0.6) is 0 Å². The lowest BCUT2D eigenvalue weighted by molar-refractivity contribution is 0.230. The Morgan fingerprint density at radius 3 is 2.72 bits per heavy atom. The normalized spacial score (nSPS) is 19.2. The summed E-state index contributed by atoms with van der Waals surface area (Å²) in [5.74, 6) is 0.931. The third-order valence-corrected chi connectivity index (χ3v) is 4.22. The molecule has 1 unspecified atom stereocenters. The van der Waals surface area contributed by atoms with Gasteiger partial charge in [-0.1, -0.05) is 20.8 Å². The SMILES string of the molecule is CC(C)NCC(C)(CCc1cnn(C)c1)C1CC1. The standard InChI is InChI=1S/C15H27N3/c1-12(2)16-11-15(3,14-5-6-14)8-7-13-9-17-18(4)10-13/h9-10,12,14,16H,5-8,11H2,1-4H3. The van der Waals surface area contributed by atoms with E-state index in [0.717, 1.165) is 18.9 Å². The van der Waals surface area contributed by atoms with Crippen LogP contribution in [0.3, 0.4) is 0 Å². The zero-order chi connectivity index (χ0) is 13.2. The lowest BCUT2D eigenvalue weighted by Crippen LogP contribution is -2.37. The van der Waals surface area contributed by atoms with E-state index in [9.17, 15) is 0 Å². The fraction of sp³-hybridized carbons (Fsp3) is 0.800. The van der Waals surface area contributed by atoms with E-state index in [1.165, 1.54) is 24.8 Å². The maximum atomic E-state index is 4.25. The highest BCUT2D eigenvalue weighted by Gasteiger charge is 2.40. The summed E-state index contributed by atoms with van der Waals surface area (Å²) >= 11 is 0. The molecule has 1 atom stereocenters. The molecule has 3 nitrogen and oxygen atoms in total. The number of hydrogen-bond acceptors (Lipinski definition) is 2. The first-order valence-corrected chi connectivity index (χ1v) is 7.20. The molecule has 0 aromatic carbocycles. The van der Waals surface area contributed by atoms with E-state index in [0.29, 0.717) is 11.5 Å². The molecule has 1 aliphatic carbocycles. The minimum absolute atomic E-state index is 0.458. The molecule has 1 heterocycles. The van der Waals surface area contributed by atoms with Gasteiger partial charge in [0.15, 0.2) is 0 Å². The lowest BCUT2D eigenvalue weighted by Gasteiger charge is -2.31. The first-order valence-electron chi connectivity index (χ1n) is 7.20. The van der Waals surface area contributed by atoms with E-state index in [-0.39, 0.29) is 0 Å². The Labute approximate surface area is 111 Å². The summed E-state index contributed by atoms with van der Waals surface area (Å²) in [7, 11) is 1.99. The molecule has 0 saturated heterocycles.